The van der Waals surface area contributed by atoms with Gasteiger partial charge in [-0.3, -0.25) is 0 Å². The average molecular weight is 517 g/mol. The fraction of sp³-hybridized carbons (Fsp3) is 1.00. The lowest BCUT2D eigenvalue weighted by atomic mass is 9.91. The van der Waals surface area contributed by atoms with Crippen LogP contribution in [0.4, 0.5) is 79.1 Å². The second-order valence-corrected chi connectivity index (χ2v) is 6.72. The first kappa shape index (κ1) is 28.6. The van der Waals surface area contributed by atoms with E-state index in [4.69, 9.17) is 0 Å². The highest BCUT2D eigenvalue weighted by atomic mass is 32.2. The second kappa shape index (κ2) is 6.82. The van der Waals surface area contributed by atoms with Gasteiger partial charge in [0.05, 0.1) is 0 Å². The molecule has 0 saturated carbocycles. The molecule has 0 saturated heterocycles. The van der Waals surface area contributed by atoms with Gasteiger partial charge in [0, 0.05) is 0 Å². The van der Waals surface area contributed by atoms with Crippen LogP contribution in [0.2, 0.25) is 0 Å². The topological polar surface area (TPSA) is 46.2 Å². The minimum Gasteiger partial charge on any atom is -0.203 e. The molecule has 0 aromatic carbocycles. The van der Waals surface area contributed by atoms with Crippen LogP contribution in [-0.2, 0) is 10.0 Å². The van der Waals surface area contributed by atoms with E-state index in [-0.39, 0.29) is 0 Å². The summed E-state index contributed by atoms with van der Waals surface area (Å²) in [5.74, 6) is -52.2. The Hall–Kier alpha value is -1.35. The molecular weight excluding hydrogens is 516 g/mol. The number of rotatable bonds is 8. The molecule has 0 unspecified atom stereocenters. The smallest absolute Gasteiger partial charge is 0.203 e. The maximum atomic E-state index is 13.1. The van der Waals surface area contributed by atoms with Crippen molar-refractivity contribution in [3.63, 3.8) is 0 Å². The Morgan fingerprint density at radius 3 is 0.900 bits per heavy atom. The van der Waals surface area contributed by atoms with Gasteiger partial charge in [-0.1, -0.05) is 0 Å². The molecule has 0 rings (SSSR count). The van der Waals surface area contributed by atoms with E-state index >= 15 is 0 Å². The summed E-state index contributed by atoms with van der Waals surface area (Å²) in [6.45, 7) is 0. The summed E-state index contributed by atoms with van der Waals surface area (Å²) in [6.07, 6.45) is -7.90. The Morgan fingerprint density at radius 1 is 0.433 bits per heavy atom. The van der Waals surface area contributed by atoms with Crippen molar-refractivity contribution in [3.05, 3.63) is 0 Å². The zero-order valence-corrected chi connectivity index (χ0v) is 13.3. The molecule has 0 aliphatic carbocycles. The van der Waals surface area contributed by atoms with Crippen LogP contribution in [0, 0.1) is 0 Å². The van der Waals surface area contributed by atoms with Crippen molar-refractivity contribution in [2.75, 3.05) is 0 Å². The van der Waals surface area contributed by atoms with E-state index in [1.165, 1.54) is 0 Å². The average Bonchev–Trinajstić information content (AvgIpc) is 2.52. The lowest BCUT2D eigenvalue weighted by Gasteiger charge is -2.42. The molecule has 3 nitrogen and oxygen atoms in total. The summed E-state index contributed by atoms with van der Waals surface area (Å²) in [5.41, 5.74) is 0. The molecule has 0 spiro atoms. The first-order chi connectivity index (χ1) is 12.6. The predicted molar refractivity (Wildman–Crippen MR) is 53.8 cm³/mol. The van der Waals surface area contributed by atoms with Crippen molar-refractivity contribution in [1.82, 2.24) is 4.94 Å². The SMILES string of the molecule is O=S(=O)(NF)C(F)(F)C(F)(F)C(F)(F)C(F)(F)C(F)(F)C(F)(F)C(F)(F)C(F)(F)F. The third-order valence-corrected chi connectivity index (χ3v) is 4.27. The molecule has 22 heteroatoms. The van der Waals surface area contributed by atoms with Crippen LogP contribution >= 0.6 is 0 Å². The Balaban J connectivity index is 6.93. The lowest BCUT2D eigenvalue weighted by Crippen LogP contribution is -2.75. The molecule has 0 amide bonds. The van der Waals surface area contributed by atoms with Crippen molar-refractivity contribution in [2.24, 2.45) is 0 Å². The van der Waals surface area contributed by atoms with Crippen molar-refractivity contribution >= 4 is 10.0 Å². The first-order valence-electron chi connectivity index (χ1n) is 5.89. The van der Waals surface area contributed by atoms with Gasteiger partial charge in [-0.25, -0.2) is 8.42 Å². The van der Waals surface area contributed by atoms with Crippen LogP contribution in [-0.4, -0.2) is 55.4 Å². The van der Waals surface area contributed by atoms with E-state index in [0.717, 1.165) is 0 Å². The van der Waals surface area contributed by atoms with Gasteiger partial charge in [-0.15, -0.1) is 4.48 Å². The molecule has 182 valence electrons. The van der Waals surface area contributed by atoms with Crippen LogP contribution in [0.1, 0.15) is 0 Å². The molecule has 1 N–H and O–H groups in total. The monoisotopic (exact) mass is 517 g/mol. The maximum absolute atomic E-state index is 13.1. The summed E-state index contributed by atoms with van der Waals surface area (Å²) >= 11 is 0. The first-order valence-corrected chi connectivity index (χ1v) is 7.38. The molecule has 0 aliphatic heterocycles. The molecule has 0 aromatic rings. The predicted octanol–water partition coefficient (Wildman–Crippen LogP) is 4.76. The quantitative estimate of drug-likeness (QED) is 0.373. The Labute approximate surface area is 151 Å². The third kappa shape index (κ3) is 3.23. The van der Waals surface area contributed by atoms with Crippen LogP contribution in [0.15, 0.2) is 0 Å². The summed E-state index contributed by atoms with van der Waals surface area (Å²) in [4.78, 5) is -1.32. The van der Waals surface area contributed by atoms with Gasteiger partial charge in [-0.2, -0.15) is 74.6 Å². The largest absolute Gasteiger partial charge is 0.460 e. The van der Waals surface area contributed by atoms with E-state index in [2.05, 4.69) is 0 Å². The zero-order chi connectivity index (χ0) is 25.2. The number of sulfonamides is 1. The zero-order valence-electron chi connectivity index (χ0n) is 12.5. The second-order valence-electron chi connectivity index (χ2n) is 5.04. The standard InChI is InChI=1S/C8HF18NO2S/c9-1(10,3(13,14)5(17,18)7(21,22)23)2(11,12)4(15,16)6(19,20)8(24,25)30(28,29)27-26/h27H. The van der Waals surface area contributed by atoms with E-state index in [0.29, 0.717) is 0 Å². The van der Waals surface area contributed by atoms with E-state index in [9.17, 15) is 87.5 Å². The summed E-state index contributed by atoms with van der Waals surface area (Å²) in [5, 5.41) is -7.88. The van der Waals surface area contributed by atoms with Gasteiger partial charge in [0.2, 0.25) is 0 Å². The normalized spacial score (nSPS) is 16.7. The Kier molecular flexibility index (Phi) is 6.52. The van der Waals surface area contributed by atoms with Gasteiger partial charge in [-0.05, 0) is 4.94 Å². The van der Waals surface area contributed by atoms with Crippen molar-refractivity contribution < 1.29 is 87.5 Å². The van der Waals surface area contributed by atoms with Crippen LogP contribution in [0.25, 0.3) is 0 Å². The number of halogens is 18. The number of nitrogens with one attached hydrogen (secondary N) is 1. The van der Waals surface area contributed by atoms with E-state index in [1.807, 2.05) is 0 Å². The molecule has 0 heterocycles. The van der Waals surface area contributed by atoms with Crippen molar-refractivity contribution in [2.45, 2.75) is 47.0 Å². The molecule has 0 atom stereocenters. The fourth-order valence-electron chi connectivity index (χ4n) is 1.37. The molecule has 0 aromatic heterocycles. The van der Waals surface area contributed by atoms with E-state index < -0.39 is 61.9 Å². The molecule has 0 aliphatic rings. The van der Waals surface area contributed by atoms with Gasteiger partial charge < -0.3 is 0 Å². The molecule has 0 fully saturated rings. The lowest BCUT2D eigenvalue weighted by molar-refractivity contribution is -0.458. The van der Waals surface area contributed by atoms with Crippen LogP contribution in [0.5, 0.6) is 0 Å². The van der Waals surface area contributed by atoms with Gasteiger partial charge in [0.15, 0.2) is 0 Å². The molecular formula is C8HF18NO2S. The summed E-state index contributed by atoms with van der Waals surface area (Å²) in [6, 6.07) is 0. The Bertz CT molecular complexity index is 751. The third-order valence-electron chi connectivity index (χ3n) is 3.13. The number of hydrogen-bond donors (Lipinski definition) is 1. The number of alkyl halides is 17. The van der Waals surface area contributed by atoms with Crippen LogP contribution < -0.4 is 4.94 Å². The highest BCUT2D eigenvalue weighted by molar-refractivity contribution is 7.90. The fourth-order valence-corrected chi connectivity index (χ4v) is 1.93. The van der Waals surface area contributed by atoms with Crippen LogP contribution in [0.3, 0.4) is 0 Å². The molecule has 30 heavy (non-hydrogen) atoms. The summed E-state index contributed by atoms with van der Waals surface area (Å²) in [7, 11) is -7.81. The molecule has 0 radical (unpaired) electrons. The highest BCUT2D eigenvalue weighted by Crippen LogP contribution is 2.64. The van der Waals surface area contributed by atoms with E-state index in [1.54, 1.807) is 0 Å². The molecule has 0 bridgehead atoms. The minimum absolute atomic E-state index is 1.32. The summed E-state index contributed by atoms with van der Waals surface area (Å²) < 4.78 is 249. The minimum atomic E-state index is -8.93. The Morgan fingerprint density at radius 2 is 0.667 bits per heavy atom. The van der Waals surface area contributed by atoms with Gasteiger partial charge >= 0.3 is 57.0 Å². The number of hydrogen-bond acceptors (Lipinski definition) is 2. The maximum Gasteiger partial charge on any atom is 0.460 e. The van der Waals surface area contributed by atoms with Gasteiger partial charge in [0.25, 0.3) is 0 Å². The highest BCUT2D eigenvalue weighted by Gasteiger charge is 2.96. The van der Waals surface area contributed by atoms with Crippen molar-refractivity contribution in [1.29, 1.82) is 0 Å². The van der Waals surface area contributed by atoms with Gasteiger partial charge in [0.1, 0.15) is 0 Å². The van der Waals surface area contributed by atoms with Crippen molar-refractivity contribution in [3.8, 4) is 0 Å².